The summed E-state index contributed by atoms with van der Waals surface area (Å²) in [7, 11) is -4.57. The van der Waals surface area contributed by atoms with Gasteiger partial charge in [0.1, 0.15) is 0 Å². The van der Waals surface area contributed by atoms with Crippen LogP contribution in [-0.4, -0.2) is 14.8 Å². The van der Waals surface area contributed by atoms with Gasteiger partial charge in [-0.3, -0.25) is 9.55 Å². The minimum atomic E-state index is -4.57. The van der Waals surface area contributed by atoms with E-state index in [4.69, 9.17) is 0 Å². The van der Waals surface area contributed by atoms with Gasteiger partial charge in [0.15, 0.2) is 5.78 Å². The van der Waals surface area contributed by atoms with Crippen molar-refractivity contribution in [1.29, 1.82) is 0 Å². The summed E-state index contributed by atoms with van der Waals surface area (Å²) in [6.07, 6.45) is 0.681. The van der Waals surface area contributed by atoms with Gasteiger partial charge in [0, 0.05) is 16.9 Å². The van der Waals surface area contributed by atoms with Crippen LogP contribution in [0.4, 0.5) is 5.69 Å². The van der Waals surface area contributed by atoms with Crippen LogP contribution < -0.4 is 5.32 Å². The molecule has 0 bridgehead atoms. The van der Waals surface area contributed by atoms with Crippen molar-refractivity contribution < 1.29 is 14.4 Å². The van der Waals surface area contributed by atoms with Gasteiger partial charge in [0.25, 0.3) is 0 Å². The van der Waals surface area contributed by atoms with Crippen LogP contribution in [0.5, 0.6) is 0 Å². The van der Waals surface area contributed by atoms with Crippen molar-refractivity contribution in [2.45, 2.75) is 19.1 Å². The number of benzene rings is 3. The number of nitrogens with one attached hydrogen (secondary N) is 1. The van der Waals surface area contributed by atoms with E-state index in [1.54, 1.807) is 12.1 Å². The molecule has 32 heavy (non-hydrogen) atoms. The van der Waals surface area contributed by atoms with Gasteiger partial charge in [0.05, 0.1) is 5.69 Å². The second kappa shape index (κ2) is 9.49. The summed E-state index contributed by atoms with van der Waals surface area (Å²) < 4.78 is 12.5. The molecule has 0 saturated carbocycles. The number of nitrogens with zero attached hydrogens (tertiary/aromatic N) is 1. The Balaban J connectivity index is 1.88. The Bertz CT molecular complexity index is 1240. The summed E-state index contributed by atoms with van der Waals surface area (Å²) in [6, 6.07) is 30.9. The average molecular weight is 444 g/mol. The quantitative estimate of drug-likeness (QED) is 0.293. The predicted octanol–water partition coefficient (Wildman–Crippen LogP) is 6.27. The van der Waals surface area contributed by atoms with E-state index in [0.29, 0.717) is 17.8 Å². The summed E-state index contributed by atoms with van der Waals surface area (Å²) in [4.78, 5) is 24.9. The molecule has 3 N–H and O–H groups in total. The van der Waals surface area contributed by atoms with Crippen molar-refractivity contribution in [3.8, 4) is 22.3 Å². The number of aromatic nitrogens is 1. The lowest BCUT2D eigenvalue weighted by atomic mass is 9.93. The summed E-state index contributed by atoms with van der Waals surface area (Å²) in [5.74, 6) is -1.26. The van der Waals surface area contributed by atoms with Crippen molar-refractivity contribution in [1.82, 2.24) is 4.98 Å². The Morgan fingerprint density at radius 3 is 2.06 bits per heavy atom. The number of anilines is 1. The SMILES string of the molecule is CCc1cccc(C(Nc2cccc(-c3ccccc3)c2-c2ccccc2)P(=O)(O)O)n1. The van der Waals surface area contributed by atoms with E-state index in [0.717, 1.165) is 27.9 Å². The van der Waals surface area contributed by atoms with E-state index in [9.17, 15) is 14.4 Å². The fourth-order valence-corrected chi connectivity index (χ4v) is 4.57. The summed E-state index contributed by atoms with van der Waals surface area (Å²) in [5, 5.41) is 3.14. The maximum atomic E-state index is 12.5. The second-order valence-electron chi connectivity index (χ2n) is 7.50. The molecule has 4 rings (SSSR count). The Morgan fingerprint density at radius 2 is 1.44 bits per heavy atom. The molecule has 0 aliphatic carbocycles. The van der Waals surface area contributed by atoms with Gasteiger partial charge in [-0.15, -0.1) is 0 Å². The molecule has 0 fully saturated rings. The van der Waals surface area contributed by atoms with Gasteiger partial charge >= 0.3 is 7.60 Å². The fourth-order valence-electron chi connectivity index (χ4n) is 3.77. The molecule has 0 amide bonds. The van der Waals surface area contributed by atoms with E-state index < -0.39 is 13.4 Å². The Labute approximate surface area is 188 Å². The Morgan fingerprint density at radius 1 is 0.812 bits per heavy atom. The molecular formula is C26H25N2O3P. The molecule has 0 aliphatic rings. The zero-order chi connectivity index (χ0) is 22.6. The molecule has 1 atom stereocenters. The van der Waals surface area contributed by atoms with Gasteiger partial charge in [-0.25, -0.2) is 0 Å². The van der Waals surface area contributed by atoms with E-state index in [1.807, 2.05) is 91.9 Å². The summed E-state index contributed by atoms with van der Waals surface area (Å²) in [6.45, 7) is 1.96. The third kappa shape index (κ3) is 4.81. The molecular weight excluding hydrogens is 419 g/mol. The monoisotopic (exact) mass is 444 g/mol. The smallest absolute Gasteiger partial charge is 0.353 e. The molecule has 3 aromatic carbocycles. The molecule has 0 radical (unpaired) electrons. The fraction of sp³-hybridized carbons (Fsp3) is 0.115. The largest absolute Gasteiger partial charge is 0.366 e. The van der Waals surface area contributed by atoms with Gasteiger partial charge in [0.2, 0.25) is 0 Å². The summed E-state index contributed by atoms with van der Waals surface area (Å²) >= 11 is 0. The van der Waals surface area contributed by atoms with E-state index in [-0.39, 0.29) is 0 Å². The zero-order valence-corrected chi connectivity index (χ0v) is 18.6. The topological polar surface area (TPSA) is 82.5 Å². The van der Waals surface area contributed by atoms with Crippen LogP contribution in [0.1, 0.15) is 24.1 Å². The molecule has 5 nitrogen and oxygen atoms in total. The number of hydrogen-bond donors (Lipinski definition) is 3. The van der Waals surface area contributed by atoms with Crippen LogP contribution in [0.2, 0.25) is 0 Å². The van der Waals surface area contributed by atoms with Gasteiger partial charge in [-0.1, -0.05) is 85.8 Å². The van der Waals surface area contributed by atoms with Crippen LogP contribution in [-0.2, 0) is 11.0 Å². The Kier molecular flexibility index (Phi) is 6.52. The molecule has 1 unspecified atom stereocenters. The number of pyridine rings is 1. The maximum absolute atomic E-state index is 12.5. The van der Waals surface area contributed by atoms with Gasteiger partial charge < -0.3 is 15.1 Å². The lowest BCUT2D eigenvalue weighted by Gasteiger charge is -2.24. The van der Waals surface area contributed by atoms with E-state index in [1.165, 1.54) is 0 Å². The van der Waals surface area contributed by atoms with Crippen LogP contribution >= 0.6 is 7.60 Å². The third-order valence-corrected chi connectivity index (χ3v) is 6.38. The lowest BCUT2D eigenvalue weighted by Crippen LogP contribution is -2.14. The second-order valence-corrected chi connectivity index (χ2v) is 9.20. The van der Waals surface area contributed by atoms with Crippen LogP contribution in [0.3, 0.4) is 0 Å². The van der Waals surface area contributed by atoms with Crippen molar-refractivity contribution in [2.24, 2.45) is 0 Å². The van der Waals surface area contributed by atoms with Crippen molar-refractivity contribution in [2.75, 3.05) is 5.32 Å². The van der Waals surface area contributed by atoms with Crippen molar-refractivity contribution in [3.05, 3.63) is 108 Å². The first-order valence-electron chi connectivity index (χ1n) is 10.5. The lowest BCUT2D eigenvalue weighted by molar-refractivity contribution is 0.362. The first kappa shape index (κ1) is 22.0. The van der Waals surface area contributed by atoms with Gasteiger partial charge in [-0.05, 0) is 41.3 Å². The normalized spacial score (nSPS) is 12.3. The first-order valence-corrected chi connectivity index (χ1v) is 12.2. The minimum absolute atomic E-state index is 0.321. The number of aryl methyl sites for hydroxylation is 1. The van der Waals surface area contributed by atoms with E-state index >= 15 is 0 Å². The Hall–Kier alpha value is -3.24. The van der Waals surface area contributed by atoms with Crippen molar-refractivity contribution in [3.63, 3.8) is 0 Å². The van der Waals surface area contributed by atoms with Crippen LogP contribution in [0.15, 0.2) is 97.1 Å². The molecule has 6 heteroatoms. The molecule has 0 spiro atoms. The average Bonchev–Trinajstić information content (AvgIpc) is 2.82. The number of hydrogen-bond acceptors (Lipinski definition) is 3. The first-order chi connectivity index (χ1) is 15.5. The molecule has 0 saturated heterocycles. The highest BCUT2D eigenvalue weighted by Crippen LogP contribution is 2.52. The predicted molar refractivity (Wildman–Crippen MR) is 129 cm³/mol. The van der Waals surface area contributed by atoms with Crippen molar-refractivity contribution >= 4 is 13.3 Å². The maximum Gasteiger partial charge on any atom is 0.353 e. The minimum Gasteiger partial charge on any atom is -0.366 e. The third-order valence-electron chi connectivity index (χ3n) is 5.31. The molecule has 1 heterocycles. The number of rotatable bonds is 7. The molecule has 0 aliphatic heterocycles. The van der Waals surface area contributed by atoms with Gasteiger partial charge in [-0.2, -0.15) is 0 Å². The van der Waals surface area contributed by atoms with Crippen LogP contribution in [0, 0.1) is 0 Å². The molecule has 1 aromatic heterocycles. The molecule has 162 valence electrons. The highest BCUT2D eigenvalue weighted by atomic mass is 31.2. The van der Waals surface area contributed by atoms with E-state index in [2.05, 4.69) is 10.3 Å². The summed E-state index contributed by atoms with van der Waals surface area (Å²) in [5.41, 5.74) is 5.56. The van der Waals surface area contributed by atoms with Crippen LogP contribution in [0.25, 0.3) is 22.3 Å². The zero-order valence-electron chi connectivity index (χ0n) is 17.7. The highest BCUT2D eigenvalue weighted by Gasteiger charge is 2.32. The highest BCUT2D eigenvalue weighted by molar-refractivity contribution is 7.52. The standard InChI is InChI=1S/C26H25N2O3P/c1-2-21-15-9-18-24(27-21)26(32(29,30)31)28-23-17-10-16-22(19-11-5-3-6-12-19)25(23)20-13-7-4-8-14-20/h3-18,26,28H,2H2,1H3,(H2,29,30,31). The molecule has 4 aromatic rings.